The summed E-state index contributed by atoms with van der Waals surface area (Å²) in [5, 5.41) is 3.39. The zero-order chi connectivity index (χ0) is 13.0. The van der Waals surface area contributed by atoms with E-state index in [1.165, 1.54) is 32.1 Å². The Balaban J connectivity index is 1.76. The van der Waals surface area contributed by atoms with E-state index < -0.39 is 0 Å². The minimum absolute atomic E-state index is 0.391. The van der Waals surface area contributed by atoms with Crippen LogP contribution in [0.25, 0.3) is 0 Å². The lowest BCUT2D eigenvalue weighted by Gasteiger charge is -2.39. The van der Waals surface area contributed by atoms with E-state index >= 15 is 0 Å². The molecular formula is C15H28N2O. The maximum absolute atomic E-state index is 12.3. The second kappa shape index (κ2) is 6.05. The smallest absolute Gasteiger partial charge is 0.222 e. The average molecular weight is 252 g/mol. The van der Waals surface area contributed by atoms with Crippen molar-refractivity contribution in [2.75, 3.05) is 26.2 Å². The van der Waals surface area contributed by atoms with Gasteiger partial charge < -0.3 is 10.2 Å². The van der Waals surface area contributed by atoms with Crippen LogP contribution in [0.2, 0.25) is 0 Å². The third-order valence-corrected chi connectivity index (χ3v) is 5.04. The Hall–Kier alpha value is -0.570. The van der Waals surface area contributed by atoms with Crippen LogP contribution in [0.15, 0.2) is 0 Å². The summed E-state index contributed by atoms with van der Waals surface area (Å²) in [6, 6.07) is 0. The van der Waals surface area contributed by atoms with Crippen LogP contribution in [0.1, 0.15) is 52.4 Å². The fourth-order valence-corrected chi connectivity index (χ4v) is 3.12. The molecule has 0 aromatic carbocycles. The van der Waals surface area contributed by atoms with Crippen LogP contribution in [0, 0.1) is 11.3 Å². The van der Waals surface area contributed by atoms with E-state index in [2.05, 4.69) is 24.1 Å². The first-order valence-electron chi connectivity index (χ1n) is 7.61. The first-order valence-corrected chi connectivity index (χ1v) is 7.61. The Morgan fingerprint density at radius 2 is 2.11 bits per heavy atom. The Labute approximate surface area is 111 Å². The molecule has 0 aliphatic carbocycles. The number of piperidine rings is 2. The van der Waals surface area contributed by atoms with Crippen molar-refractivity contribution >= 4 is 5.91 Å². The molecule has 2 aliphatic rings. The minimum Gasteiger partial charge on any atom is -0.343 e. The highest BCUT2D eigenvalue weighted by Crippen LogP contribution is 2.34. The number of nitrogens with zero attached hydrogens (tertiary/aromatic N) is 1. The highest BCUT2D eigenvalue weighted by molar-refractivity contribution is 5.76. The fraction of sp³-hybridized carbons (Fsp3) is 0.933. The molecule has 18 heavy (non-hydrogen) atoms. The molecule has 0 spiro atoms. The van der Waals surface area contributed by atoms with E-state index in [0.29, 0.717) is 17.2 Å². The van der Waals surface area contributed by atoms with E-state index in [1.807, 2.05) is 0 Å². The lowest BCUT2D eigenvalue weighted by Crippen LogP contribution is -2.43. The van der Waals surface area contributed by atoms with Crippen molar-refractivity contribution in [1.29, 1.82) is 0 Å². The van der Waals surface area contributed by atoms with Gasteiger partial charge in [0.05, 0.1) is 0 Å². The summed E-state index contributed by atoms with van der Waals surface area (Å²) < 4.78 is 0. The van der Waals surface area contributed by atoms with Crippen molar-refractivity contribution < 1.29 is 4.79 Å². The Morgan fingerprint density at radius 1 is 1.39 bits per heavy atom. The Morgan fingerprint density at radius 3 is 2.67 bits per heavy atom. The van der Waals surface area contributed by atoms with Crippen molar-refractivity contribution in [1.82, 2.24) is 10.2 Å². The van der Waals surface area contributed by atoms with Gasteiger partial charge >= 0.3 is 0 Å². The van der Waals surface area contributed by atoms with Gasteiger partial charge in [-0.05, 0) is 50.1 Å². The van der Waals surface area contributed by atoms with Crippen LogP contribution in [0.5, 0.6) is 0 Å². The number of amides is 1. The third-order valence-electron chi connectivity index (χ3n) is 5.04. The molecule has 0 bridgehead atoms. The lowest BCUT2D eigenvalue weighted by atomic mass is 9.78. The van der Waals surface area contributed by atoms with Gasteiger partial charge in [-0.15, -0.1) is 0 Å². The standard InChI is InChI=1S/C15H28N2O/c1-3-15(2)6-9-17(10-7-15)14(18)11-13-5-4-8-16-12-13/h13,16H,3-12H2,1-2H3. The van der Waals surface area contributed by atoms with Crippen molar-refractivity contribution in [3.8, 4) is 0 Å². The zero-order valence-electron chi connectivity index (χ0n) is 12.0. The normalized spacial score (nSPS) is 28.1. The molecule has 2 saturated heterocycles. The number of rotatable bonds is 3. The maximum atomic E-state index is 12.3. The van der Waals surface area contributed by atoms with Crippen molar-refractivity contribution in [3.05, 3.63) is 0 Å². The largest absolute Gasteiger partial charge is 0.343 e. The molecule has 0 saturated carbocycles. The molecule has 3 heteroatoms. The van der Waals surface area contributed by atoms with Gasteiger partial charge in [-0.2, -0.15) is 0 Å². The van der Waals surface area contributed by atoms with Crippen LogP contribution in [0.3, 0.4) is 0 Å². The van der Waals surface area contributed by atoms with Crippen molar-refractivity contribution in [2.24, 2.45) is 11.3 Å². The first kappa shape index (κ1) is 13.9. The Kier molecular flexibility index (Phi) is 4.66. The highest BCUT2D eigenvalue weighted by atomic mass is 16.2. The number of carbonyl (C=O) groups is 1. The maximum Gasteiger partial charge on any atom is 0.222 e. The number of carbonyl (C=O) groups excluding carboxylic acids is 1. The topological polar surface area (TPSA) is 32.3 Å². The minimum atomic E-state index is 0.391. The van der Waals surface area contributed by atoms with Crippen LogP contribution >= 0.6 is 0 Å². The van der Waals surface area contributed by atoms with Crippen LogP contribution in [0.4, 0.5) is 0 Å². The van der Waals surface area contributed by atoms with Gasteiger partial charge in [0.15, 0.2) is 0 Å². The number of nitrogens with one attached hydrogen (secondary N) is 1. The Bertz CT molecular complexity index is 276. The molecule has 0 aromatic rings. The van der Waals surface area contributed by atoms with Crippen LogP contribution in [-0.4, -0.2) is 37.0 Å². The van der Waals surface area contributed by atoms with E-state index in [-0.39, 0.29) is 0 Å². The number of hydrogen-bond donors (Lipinski definition) is 1. The van der Waals surface area contributed by atoms with Crippen molar-refractivity contribution in [2.45, 2.75) is 52.4 Å². The highest BCUT2D eigenvalue weighted by Gasteiger charge is 2.31. The molecule has 0 radical (unpaired) electrons. The molecule has 2 fully saturated rings. The summed E-state index contributed by atoms with van der Waals surface area (Å²) in [6.07, 6.45) is 6.80. The van der Waals surface area contributed by atoms with Gasteiger partial charge in [0.1, 0.15) is 0 Å². The molecule has 104 valence electrons. The molecule has 1 N–H and O–H groups in total. The molecule has 3 nitrogen and oxygen atoms in total. The summed E-state index contributed by atoms with van der Waals surface area (Å²) >= 11 is 0. The van der Waals surface area contributed by atoms with Gasteiger partial charge in [-0.3, -0.25) is 4.79 Å². The lowest BCUT2D eigenvalue weighted by molar-refractivity contribution is -0.134. The molecule has 1 amide bonds. The van der Waals surface area contributed by atoms with E-state index in [4.69, 9.17) is 0 Å². The van der Waals surface area contributed by atoms with Crippen molar-refractivity contribution in [3.63, 3.8) is 0 Å². The summed E-state index contributed by atoms with van der Waals surface area (Å²) in [6.45, 7) is 8.74. The predicted molar refractivity (Wildman–Crippen MR) is 74.4 cm³/mol. The number of likely N-dealkylation sites (tertiary alicyclic amines) is 1. The molecule has 1 atom stereocenters. The second-order valence-corrected chi connectivity index (χ2v) is 6.46. The second-order valence-electron chi connectivity index (χ2n) is 6.46. The summed E-state index contributed by atoms with van der Waals surface area (Å²) in [7, 11) is 0. The van der Waals surface area contributed by atoms with Gasteiger partial charge in [0, 0.05) is 19.5 Å². The first-order chi connectivity index (χ1) is 8.63. The van der Waals surface area contributed by atoms with E-state index in [9.17, 15) is 4.79 Å². The summed E-state index contributed by atoms with van der Waals surface area (Å²) in [5.41, 5.74) is 0.475. The van der Waals surface area contributed by atoms with Gasteiger partial charge in [-0.1, -0.05) is 20.3 Å². The van der Waals surface area contributed by atoms with Crippen LogP contribution in [-0.2, 0) is 4.79 Å². The quantitative estimate of drug-likeness (QED) is 0.836. The van der Waals surface area contributed by atoms with Gasteiger partial charge in [-0.25, -0.2) is 0 Å². The third kappa shape index (κ3) is 3.47. The molecule has 2 aliphatic heterocycles. The molecule has 2 heterocycles. The predicted octanol–water partition coefficient (Wildman–Crippen LogP) is 2.41. The SMILES string of the molecule is CCC1(C)CCN(C(=O)CC2CCCNC2)CC1. The average Bonchev–Trinajstić information content (AvgIpc) is 2.40. The molecule has 0 aromatic heterocycles. The molecule has 2 rings (SSSR count). The van der Waals surface area contributed by atoms with Gasteiger partial charge in [0.25, 0.3) is 0 Å². The fourth-order valence-electron chi connectivity index (χ4n) is 3.12. The summed E-state index contributed by atoms with van der Waals surface area (Å²) in [4.78, 5) is 14.4. The van der Waals surface area contributed by atoms with E-state index in [0.717, 1.165) is 32.6 Å². The number of hydrogen-bond acceptors (Lipinski definition) is 2. The molecular weight excluding hydrogens is 224 g/mol. The molecule has 1 unspecified atom stereocenters. The van der Waals surface area contributed by atoms with Crippen LogP contribution < -0.4 is 5.32 Å². The van der Waals surface area contributed by atoms with Gasteiger partial charge in [0.2, 0.25) is 5.91 Å². The monoisotopic (exact) mass is 252 g/mol. The summed E-state index contributed by atoms with van der Waals surface area (Å²) in [5.74, 6) is 0.965. The van der Waals surface area contributed by atoms with E-state index in [1.54, 1.807) is 0 Å². The zero-order valence-corrected chi connectivity index (χ0v) is 12.0.